The van der Waals surface area contributed by atoms with E-state index >= 15 is 0 Å². The molecule has 198 valence electrons. The minimum Gasteiger partial charge on any atom is -0.481 e. The summed E-state index contributed by atoms with van der Waals surface area (Å²) in [5.74, 6) is -2.64. The van der Waals surface area contributed by atoms with Gasteiger partial charge in [-0.3, -0.25) is 19.2 Å². The van der Waals surface area contributed by atoms with Gasteiger partial charge in [0.1, 0.15) is 0 Å². The topological polar surface area (TPSA) is 109 Å². The minimum absolute atomic E-state index is 0.0972. The Morgan fingerprint density at radius 3 is 1.49 bits per heavy atom. The predicted octanol–water partition coefficient (Wildman–Crippen LogP) is 6.39. The molecular weight excluding hydrogens is 492 g/mol. The molecule has 4 aromatic carbocycles. The lowest BCUT2D eigenvalue weighted by Crippen LogP contribution is -2.28. The molecule has 0 aliphatic rings. The Labute approximate surface area is 227 Å². The zero-order valence-electron chi connectivity index (χ0n) is 22.0. The van der Waals surface area contributed by atoms with Crippen molar-refractivity contribution in [3.8, 4) is 0 Å². The number of carboxylic acids is 2. The van der Waals surface area contributed by atoms with E-state index in [0.29, 0.717) is 33.4 Å². The monoisotopic (exact) mass is 522 g/mol. The van der Waals surface area contributed by atoms with Crippen LogP contribution in [0.15, 0.2) is 109 Å². The molecule has 1 unspecified atom stereocenters. The van der Waals surface area contributed by atoms with E-state index in [1.807, 2.05) is 12.1 Å². The number of rotatable bonds is 8. The van der Waals surface area contributed by atoms with Gasteiger partial charge >= 0.3 is 11.9 Å². The molecule has 0 bridgehead atoms. The molecule has 6 nitrogen and oxygen atoms in total. The number of hydrogen-bond acceptors (Lipinski definition) is 4. The van der Waals surface area contributed by atoms with E-state index in [9.17, 15) is 24.3 Å². The van der Waals surface area contributed by atoms with Crippen molar-refractivity contribution in [2.75, 3.05) is 0 Å². The van der Waals surface area contributed by atoms with E-state index in [2.05, 4.69) is 0 Å². The van der Waals surface area contributed by atoms with Crippen molar-refractivity contribution in [3.05, 3.63) is 143 Å². The number of carbonyl (C=O) groups excluding carboxylic acids is 2. The fourth-order valence-corrected chi connectivity index (χ4v) is 3.78. The first-order valence-corrected chi connectivity index (χ1v) is 12.4. The third kappa shape index (κ3) is 7.14. The van der Waals surface area contributed by atoms with Crippen molar-refractivity contribution in [2.45, 2.75) is 32.1 Å². The molecule has 1 atom stereocenters. The lowest BCUT2D eigenvalue weighted by atomic mass is 9.83. The van der Waals surface area contributed by atoms with Crippen LogP contribution >= 0.6 is 0 Å². The second kappa shape index (κ2) is 12.6. The van der Waals surface area contributed by atoms with Crippen LogP contribution in [-0.4, -0.2) is 33.7 Å². The number of carboxylic acid groups (broad SMARTS) is 2. The molecule has 0 heterocycles. The molecule has 0 amide bonds. The summed E-state index contributed by atoms with van der Waals surface area (Å²) in [5.41, 5.74) is 2.44. The van der Waals surface area contributed by atoms with Crippen LogP contribution in [0.4, 0.5) is 0 Å². The summed E-state index contributed by atoms with van der Waals surface area (Å²) in [6.07, 6.45) is 0. The molecule has 0 saturated heterocycles. The van der Waals surface area contributed by atoms with Gasteiger partial charge in [-0.1, -0.05) is 97.1 Å². The van der Waals surface area contributed by atoms with Crippen molar-refractivity contribution < 1.29 is 29.4 Å². The van der Waals surface area contributed by atoms with Crippen molar-refractivity contribution in [2.24, 2.45) is 0 Å². The molecule has 2 N–H and O–H groups in total. The standard InChI is InChI=1S/C17H16O3.C16H14O3/c1-17(2,16(19)20)14-10-6-9-13(11-14)15(18)12-7-4-3-5-8-12;1-11(16(18)19)13-8-5-9-14(10-13)15(17)12-6-3-2-4-7-12/h3-11H,1-2H3,(H,19,20);2-11H,1H3,(H,18,19). The molecule has 39 heavy (non-hydrogen) atoms. The number of benzene rings is 4. The van der Waals surface area contributed by atoms with Crippen molar-refractivity contribution in [1.29, 1.82) is 0 Å². The smallest absolute Gasteiger partial charge is 0.313 e. The zero-order chi connectivity index (χ0) is 28.6. The van der Waals surface area contributed by atoms with Crippen LogP contribution < -0.4 is 0 Å². The lowest BCUT2D eigenvalue weighted by Gasteiger charge is -2.20. The van der Waals surface area contributed by atoms with Gasteiger partial charge in [0, 0.05) is 22.3 Å². The SMILES string of the molecule is CC(C(=O)O)c1cccc(C(=O)c2ccccc2)c1.CC(C)(C(=O)O)c1cccc(C(=O)c2ccccc2)c1. The molecule has 0 aromatic heterocycles. The fourth-order valence-electron chi connectivity index (χ4n) is 3.78. The fraction of sp³-hybridized carbons (Fsp3) is 0.152. The molecule has 6 heteroatoms. The summed E-state index contributed by atoms with van der Waals surface area (Å²) >= 11 is 0. The summed E-state index contributed by atoms with van der Waals surface area (Å²) in [4.78, 5) is 46.8. The average Bonchev–Trinajstić information content (AvgIpc) is 2.97. The maximum Gasteiger partial charge on any atom is 0.313 e. The van der Waals surface area contributed by atoms with Gasteiger partial charge in [-0.15, -0.1) is 0 Å². The maximum absolute atomic E-state index is 12.3. The Hall–Kier alpha value is -4.84. The Morgan fingerprint density at radius 1 is 0.590 bits per heavy atom. The van der Waals surface area contributed by atoms with Gasteiger partial charge in [0.05, 0.1) is 11.3 Å². The van der Waals surface area contributed by atoms with Crippen LogP contribution in [0.5, 0.6) is 0 Å². The molecule has 0 aliphatic heterocycles. The summed E-state index contributed by atoms with van der Waals surface area (Å²) in [5, 5.41) is 18.3. The van der Waals surface area contributed by atoms with Crippen molar-refractivity contribution in [1.82, 2.24) is 0 Å². The van der Waals surface area contributed by atoms with Gasteiger partial charge in [-0.05, 0) is 44.0 Å². The van der Waals surface area contributed by atoms with Crippen LogP contribution in [0.1, 0.15) is 69.7 Å². The van der Waals surface area contributed by atoms with Gasteiger partial charge in [0.25, 0.3) is 0 Å². The highest BCUT2D eigenvalue weighted by Gasteiger charge is 2.30. The van der Waals surface area contributed by atoms with Crippen LogP contribution in [0.3, 0.4) is 0 Å². The van der Waals surface area contributed by atoms with Gasteiger partial charge in [0.15, 0.2) is 11.6 Å². The van der Waals surface area contributed by atoms with Gasteiger partial charge in [-0.25, -0.2) is 0 Å². The number of ketones is 2. The van der Waals surface area contributed by atoms with Gasteiger partial charge < -0.3 is 10.2 Å². The van der Waals surface area contributed by atoms with Crippen LogP contribution in [0, 0.1) is 0 Å². The second-order valence-corrected chi connectivity index (χ2v) is 9.59. The number of aliphatic carboxylic acids is 2. The van der Waals surface area contributed by atoms with E-state index in [0.717, 1.165) is 0 Å². The lowest BCUT2D eigenvalue weighted by molar-refractivity contribution is -0.142. The number of carbonyl (C=O) groups is 4. The molecule has 0 saturated carbocycles. The van der Waals surface area contributed by atoms with Crippen molar-refractivity contribution in [3.63, 3.8) is 0 Å². The highest BCUT2D eigenvalue weighted by Crippen LogP contribution is 2.25. The Balaban J connectivity index is 0.000000216. The number of hydrogen-bond donors (Lipinski definition) is 2. The molecule has 0 spiro atoms. The molecule has 0 aliphatic carbocycles. The van der Waals surface area contributed by atoms with Crippen LogP contribution in [0.25, 0.3) is 0 Å². The van der Waals surface area contributed by atoms with Crippen LogP contribution in [0.2, 0.25) is 0 Å². The Morgan fingerprint density at radius 2 is 1.03 bits per heavy atom. The Bertz CT molecular complexity index is 1470. The normalized spacial score (nSPS) is 11.5. The largest absolute Gasteiger partial charge is 0.481 e. The summed E-state index contributed by atoms with van der Waals surface area (Å²) in [6, 6.07) is 31.5. The molecule has 4 rings (SSSR count). The van der Waals surface area contributed by atoms with E-state index in [1.165, 1.54) is 0 Å². The average molecular weight is 523 g/mol. The van der Waals surface area contributed by atoms with Gasteiger partial charge in [0.2, 0.25) is 0 Å². The predicted molar refractivity (Wildman–Crippen MR) is 149 cm³/mol. The first-order valence-electron chi connectivity index (χ1n) is 12.4. The maximum atomic E-state index is 12.3. The van der Waals surface area contributed by atoms with E-state index in [1.54, 1.807) is 118 Å². The summed E-state index contributed by atoms with van der Waals surface area (Å²) in [7, 11) is 0. The van der Waals surface area contributed by atoms with Crippen molar-refractivity contribution >= 4 is 23.5 Å². The highest BCUT2D eigenvalue weighted by molar-refractivity contribution is 6.09. The third-order valence-electron chi connectivity index (χ3n) is 6.47. The van der Waals surface area contributed by atoms with E-state index in [4.69, 9.17) is 5.11 Å². The second-order valence-electron chi connectivity index (χ2n) is 9.59. The Kier molecular flexibility index (Phi) is 9.29. The first-order chi connectivity index (χ1) is 18.5. The first kappa shape index (κ1) is 28.7. The summed E-state index contributed by atoms with van der Waals surface area (Å²) in [6.45, 7) is 4.86. The molecular formula is C33H30O6. The van der Waals surface area contributed by atoms with E-state index < -0.39 is 23.3 Å². The minimum atomic E-state index is -1.02. The van der Waals surface area contributed by atoms with Crippen LogP contribution in [-0.2, 0) is 15.0 Å². The highest BCUT2D eigenvalue weighted by atomic mass is 16.4. The molecule has 0 radical (unpaired) electrons. The summed E-state index contributed by atoms with van der Waals surface area (Å²) < 4.78 is 0. The van der Waals surface area contributed by atoms with E-state index in [-0.39, 0.29) is 11.6 Å². The quantitative estimate of drug-likeness (QED) is 0.260. The molecule has 0 fully saturated rings. The third-order valence-corrected chi connectivity index (χ3v) is 6.47. The van der Waals surface area contributed by atoms with Gasteiger partial charge in [-0.2, -0.15) is 0 Å². The zero-order valence-corrected chi connectivity index (χ0v) is 22.0. The molecule has 4 aromatic rings.